The Bertz CT molecular complexity index is 593. The molecule has 5 heteroatoms. The molecular weight excluding hydrogens is 268 g/mol. The van der Waals surface area contributed by atoms with Crippen LogP contribution < -0.4 is 9.64 Å². The summed E-state index contributed by atoms with van der Waals surface area (Å²) in [6.07, 6.45) is 3.48. The monoisotopic (exact) mass is 290 g/mol. The van der Waals surface area contributed by atoms with E-state index in [1.54, 1.807) is 7.11 Å². The third-order valence-electron chi connectivity index (χ3n) is 4.36. The Kier molecular flexibility index (Phi) is 3.94. The molecule has 21 heavy (non-hydrogen) atoms. The Morgan fingerprint density at radius 3 is 2.71 bits per heavy atom. The van der Waals surface area contributed by atoms with Crippen LogP contribution in [-0.4, -0.2) is 24.6 Å². The van der Waals surface area contributed by atoms with Gasteiger partial charge in [0.2, 0.25) is 6.20 Å². The van der Waals surface area contributed by atoms with E-state index in [0.29, 0.717) is 11.7 Å². The van der Waals surface area contributed by atoms with Gasteiger partial charge in [-0.25, -0.2) is 0 Å². The van der Waals surface area contributed by atoms with E-state index in [4.69, 9.17) is 4.74 Å². The predicted molar refractivity (Wildman–Crippen MR) is 84.5 cm³/mol. The topological polar surface area (TPSA) is 55.6 Å². The lowest BCUT2D eigenvalue weighted by Gasteiger charge is -2.45. The third-order valence-corrected chi connectivity index (χ3v) is 4.36. The van der Waals surface area contributed by atoms with Gasteiger partial charge in [0.1, 0.15) is 5.75 Å². The van der Waals surface area contributed by atoms with Crippen LogP contribution in [0.5, 0.6) is 5.75 Å². The normalized spacial score (nSPS) is 20.4. The molecule has 1 aliphatic heterocycles. The van der Waals surface area contributed by atoms with Crippen molar-refractivity contribution in [2.75, 3.05) is 19.1 Å². The van der Waals surface area contributed by atoms with Crippen molar-refractivity contribution in [1.29, 1.82) is 0 Å². The van der Waals surface area contributed by atoms with Gasteiger partial charge in [-0.1, -0.05) is 6.92 Å². The Morgan fingerprint density at radius 2 is 2.14 bits per heavy atom. The predicted octanol–water partition coefficient (Wildman–Crippen LogP) is 3.66. The second-order valence-electron chi connectivity index (χ2n) is 6.23. The first-order valence-corrected chi connectivity index (χ1v) is 7.03. The summed E-state index contributed by atoms with van der Waals surface area (Å²) in [5.41, 5.74) is 3.16. The molecule has 1 aliphatic rings. The molecule has 0 spiro atoms. The summed E-state index contributed by atoms with van der Waals surface area (Å²) in [7, 11) is 3.67. The Hall–Kier alpha value is -2.04. The average molecular weight is 290 g/mol. The molecule has 5 nitrogen and oxygen atoms in total. The number of rotatable bonds is 3. The summed E-state index contributed by atoms with van der Waals surface area (Å²) >= 11 is 0. The SMILES string of the molecule is COc1cc2c(cc1/C=C/[N+](=O)[O-])C(C)CC(C)(C)N2C. The van der Waals surface area contributed by atoms with Gasteiger partial charge in [-0.3, -0.25) is 10.1 Å². The zero-order valence-electron chi connectivity index (χ0n) is 13.2. The first-order chi connectivity index (χ1) is 9.76. The van der Waals surface area contributed by atoms with E-state index in [2.05, 4.69) is 32.7 Å². The molecule has 1 unspecified atom stereocenters. The molecular formula is C16H22N2O3. The van der Waals surface area contributed by atoms with Crippen LogP contribution in [0.2, 0.25) is 0 Å². The van der Waals surface area contributed by atoms with E-state index < -0.39 is 4.92 Å². The highest BCUT2D eigenvalue weighted by molar-refractivity contribution is 5.69. The first kappa shape index (κ1) is 15.4. The van der Waals surface area contributed by atoms with E-state index >= 15 is 0 Å². The molecule has 0 aliphatic carbocycles. The molecule has 1 aromatic carbocycles. The third kappa shape index (κ3) is 2.86. The van der Waals surface area contributed by atoms with Crippen LogP contribution in [-0.2, 0) is 0 Å². The molecule has 1 heterocycles. The standard InChI is InChI=1S/C16H22N2O3/c1-11-10-16(2,3)17(4)14-9-15(21-5)12(8-13(11)14)6-7-18(19)20/h6-9,11H,10H2,1-5H3/b7-6+. The number of ether oxygens (including phenoxy) is 1. The van der Waals surface area contributed by atoms with Crippen LogP contribution in [0.15, 0.2) is 18.3 Å². The summed E-state index contributed by atoms with van der Waals surface area (Å²) in [6, 6.07) is 3.98. The maximum absolute atomic E-state index is 10.5. The van der Waals surface area contributed by atoms with E-state index in [1.165, 1.54) is 11.6 Å². The van der Waals surface area contributed by atoms with Crippen LogP contribution in [0.4, 0.5) is 5.69 Å². The summed E-state index contributed by atoms with van der Waals surface area (Å²) in [5, 5.41) is 10.5. The van der Waals surface area contributed by atoms with E-state index in [1.807, 2.05) is 12.1 Å². The van der Waals surface area contributed by atoms with Gasteiger partial charge in [0.25, 0.3) is 0 Å². The molecule has 0 radical (unpaired) electrons. The second kappa shape index (κ2) is 5.39. The second-order valence-corrected chi connectivity index (χ2v) is 6.23. The quantitative estimate of drug-likeness (QED) is 0.629. The fourth-order valence-electron chi connectivity index (χ4n) is 3.06. The Balaban J connectivity index is 2.56. The highest BCUT2D eigenvalue weighted by atomic mass is 16.6. The van der Waals surface area contributed by atoms with E-state index in [-0.39, 0.29) is 5.54 Å². The number of hydrogen-bond acceptors (Lipinski definition) is 4. The molecule has 0 fully saturated rings. The molecule has 0 aromatic heterocycles. The minimum absolute atomic E-state index is 0.0790. The number of benzene rings is 1. The molecule has 1 aromatic rings. The molecule has 0 saturated heterocycles. The van der Waals surface area contributed by atoms with Gasteiger partial charge in [-0.15, -0.1) is 0 Å². The number of fused-ring (bicyclic) bond motifs is 1. The van der Waals surface area contributed by atoms with Crippen molar-refractivity contribution < 1.29 is 9.66 Å². The fraction of sp³-hybridized carbons (Fsp3) is 0.500. The van der Waals surface area contributed by atoms with Crippen molar-refractivity contribution in [3.05, 3.63) is 39.6 Å². The van der Waals surface area contributed by atoms with Gasteiger partial charge in [0.15, 0.2) is 0 Å². The fourth-order valence-corrected chi connectivity index (χ4v) is 3.06. The van der Waals surface area contributed by atoms with Crippen molar-refractivity contribution in [2.45, 2.75) is 38.6 Å². The first-order valence-electron chi connectivity index (χ1n) is 7.03. The molecule has 1 atom stereocenters. The summed E-state index contributed by atoms with van der Waals surface area (Å²) in [4.78, 5) is 12.3. The number of methoxy groups -OCH3 is 1. The average Bonchev–Trinajstić information content (AvgIpc) is 2.41. The van der Waals surface area contributed by atoms with Gasteiger partial charge in [-0.05, 0) is 37.8 Å². The van der Waals surface area contributed by atoms with Gasteiger partial charge >= 0.3 is 0 Å². The zero-order chi connectivity index (χ0) is 15.8. The molecule has 114 valence electrons. The molecule has 0 amide bonds. The summed E-state index contributed by atoms with van der Waals surface area (Å²) in [6.45, 7) is 6.64. The van der Waals surface area contributed by atoms with Crippen LogP contribution in [0, 0.1) is 10.1 Å². The van der Waals surface area contributed by atoms with Gasteiger partial charge in [0, 0.05) is 36.0 Å². The van der Waals surface area contributed by atoms with E-state index in [0.717, 1.165) is 23.9 Å². The van der Waals surface area contributed by atoms with Crippen LogP contribution in [0.1, 0.15) is 44.2 Å². The molecule has 0 N–H and O–H groups in total. The molecule has 0 bridgehead atoms. The van der Waals surface area contributed by atoms with Crippen molar-refractivity contribution in [3.63, 3.8) is 0 Å². The summed E-state index contributed by atoms with van der Waals surface area (Å²) < 4.78 is 5.39. The maximum Gasteiger partial charge on any atom is 0.235 e. The lowest BCUT2D eigenvalue weighted by molar-refractivity contribution is -0.400. The minimum Gasteiger partial charge on any atom is -0.496 e. The van der Waals surface area contributed by atoms with Crippen molar-refractivity contribution >= 4 is 11.8 Å². The lowest BCUT2D eigenvalue weighted by Crippen LogP contribution is -2.45. The van der Waals surface area contributed by atoms with Crippen LogP contribution >= 0.6 is 0 Å². The Morgan fingerprint density at radius 1 is 1.48 bits per heavy atom. The van der Waals surface area contributed by atoms with Crippen molar-refractivity contribution in [3.8, 4) is 5.75 Å². The summed E-state index contributed by atoms with van der Waals surface area (Å²) in [5.74, 6) is 1.06. The Labute approximate surface area is 125 Å². The highest BCUT2D eigenvalue weighted by Gasteiger charge is 2.34. The molecule has 2 rings (SSSR count). The number of hydrogen-bond donors (Lipinski definition) is 0. The van der Waals surface area contributed by atoms with Gasteiger partial charge in [0.05, 0.1) is 12.0 Å². The number of nitro groups is 1. The highest BCUT2D eigenvalue weighted by Crippen LogP contribution is 2.45. The molecule has 0 saturated carbocycles. The zero-order valence-corrected chi connectivity index (χ0v) is 13.2. The van der Waals surface area contributed by atoms with E-state index in [9.17, 15) is 10.1 Å². The maximum atomic E-state index is 10.5. The largest absolute Gasteiger partial charge is 0.496 e. The minimum atomic E-state index is -0.461. The van der Waals surface area contributed by atoms with Crippen LogP contribution in [0.25, 0.3) is 6.08 Å². The van der Waals surface area contributed by atoms with Crippen LogP contribution in [0.3, 0.4) is 0 Å². The number of nitrogens with zero attached hydrogens (tertiary/aromatic N) is 2. The number of anilines is 1. The lowest BCUT2D eigenvalue weighted by atomic mass is 9.80. The van der Waals surface area contributed by atoms with Crippen molar-refractivity contribution in [2.24, 2.45) is 0 Å². The van der Waals surface area contributed by atoms with Gasteiger partial charge < -0.3 is 9.64 Å². The smallest absolute Gasteiger partial charge is 0.235 e. The van der Waals surface area contributed by atoms with Gasteiger partial charge in [-0.2, -0.15) is 0 Å². The van der Waals surface area contributed by atoms with Crippen molar-refractivity contribution in [1.82, 2.24) is 0 Å².